The lowest BCUT2D eigenvalue weighted by Gasteiger charge is -2.20. The molecule has 0 radical (unpaired) electrons. The van der Waals surface area contributed by atoms with E-state index < -0.39 is 10.0 Å². The van der Waals surface area contributed by atoms with Gasteiger partial charge in [-0.2, -0.15) is 0 Å². The second-order valence-corrected chi connectivity index (χ2v) is 11.3. The Labute approximate surface area is 194 Å². The highest BCUT2D eigenvalue weighted by Gasteiger charge is 2.46. The highest BCUT2D eigenvalue weighted by molar-refractivity contribution is 7.92. The molecule has 2 aliphatic carbocycles. The molecule has 1 aromatic heterocycles. The Morgan fingerprint density at radius 2 is 1.82 bits per heavy atom. The van der Waals surface area contributed by atoms with Crippen molar-refractivity contribution in [2.45, 2.75) is 43.4 Å². The number of pyridine rings is 1. The molecule has 6 nitrogen and oxygen atoms in total. The van der Waals surface area contributed by atoms with Gasteiger partial charge < -0.3 is 9.72 Å². The summed E-state index contributed by atoms with van der Waals surface area (Å²) < 4.78 is 31.4. The van der Waals surface area contributed by atoms with E-state index in [0.717, 1.165) is 42.4 Å². The first-order valence-electron chi connectivity index (χ1n) is 11.2. The largest absolute Gasteiger partial charge is 0.496 e. The number of anilines is 1. The predicted octanol–water partition coefficient (Wildman–Crippen LogP) is 4.74. The third-order valence-electron chi connectivity index (χ3n) is 6.93. The Hall–Kier alpha value is -3.06. The molecular weight excluding hydrogens is 436 g/mol. The number of H-pyrrole nitrogens is 1. The first-order chi connectivity index (χ1) is 15.7. The van der Waals surface area contributed by atoms with Crippen LogP contribution in [0.2, 0.25) is 0 Å². The molecule has 7 heteroatoms. The standard InChI is InChI=1S/C26H28N2O4S/c1-26(10-11-26)23-14-17(19-5-4-12-27-25(19)29)13-22(24(23)32-2)21-15-20(21)16-6-8-18(9-7-16)28-33(3,30)31/h4-9,12-14,20-21,28H,10-11,15H2,1-3H3,(H,27,29). The average Bonchev–Trinajstić information content (AvgIpc) is 3.69. The number of aromatic nitrogens is 1. The van der Waals surface area contributed by atoms with Crippen LogP contribution in [-0.2, 0) is 15.4 Å². The molecule has 3 aromatic rings. The number of hydrogen-bond acceptors (Lipinski definition) is 4. The van der Waals surface area contributed by atoms with E-state index in [1.807, 2.05) is 24.3 Å². The van der Waals surface area contributed by atoms with Gasteiger partial charge in [-0.25, -0.2) is 8.42 Å². The van der Waals surface area contributed by atoms with Crippen molar-refractivity contribution in [2.24, 2.45) is 0 Å². The van der Waals surface area contributed by atoms with Gasteiger partial charge in [0, 0.05) is 23.0 Å². The number of hydrogen-bond donors (Lipinski definition) is 2. The Morgan fingerprint density at radius 3 is 2.42 bits per heavy atom. The molecule has 33 heavy (non-hydrogen) atoms. The Morgan fingerprint density at radius 1 is 1.09 bits per heavy atom. The van der Waals surface area contributed by atoms with Gasteiger partial charge in [0.25, 0.3) is 5.56 Å². The number of aromatic amines is 1. The second-order valence-electron chi connectivity index (χ2n) is 9.56. The molecule has 0 aliphatic heterocycles. The van der Waals surface area contributed by atoms with E-state index in [9.17, 15) is 13.2 Å². The maximum absolute atomic E-state index is 12.5. The summed E-state index contributed by atoms with van der Waals surface area (Å²) in [5, 5.41) is 0. The summed E-state index contributed by atoms with van der Waals surface area (Å²) in [6.45, 7) is 2.26. The van der Waals surface area contributed by atoms with Gasteiger partial charge in [-0.05, 0) is 89.6 Å². The van der Waals surface area contributed by atoms with Gasteiger partial charge in [0.2, 0.25) is 10.0 Å². The Kier molecular flexibility index (Phi) is 5.12. The average molecular weight is 465 g/mol. The van der Waals surface area contributed by atoms with Crippen molar-refractivity contribution < 1.29 is 13.2 Å². The summed E-state index contributed by atoms with van der Waals surface area (Å²) in [5.74, 6) is 1.56. The van der Waals surface area contributed by atoms with E-state index in [2.05, 4.69) is 28.8 Å². The first kappa shape index (κ1) is 21.8. The Bertz CT molecular complexity index is 1370. The fourth-order valence-electron chi connectivity index (χ4n) is 4.78. The Balaban J connectivity index is 1.52. The number of rotatable bonds is 7. The zero-order valence-electron chi connectivity index (χ0n) is 19.0. The van der Waals surface area contributed by atoms with Gasteiger partial charge in [0.15, 0.2) is 0 Å². The molecule has 2 unspecified atom stereocenters. The molecule has 172 valence electrons. The molecule has 1 heterocycles. The fraction of sp³-hybridized carbons (Fsp3) is 0.346. The normalized spacial score (nSPS) is 20.8. The monoisotopic (exact) mass is 464 g/mol. The molecule has 0 spiro atoms. The van der Waals surface area contributed by atoms with Crippen LogP contribution in [0, 0.1) is 0 Å². The quantitative estimate of drug-likeness (QED) is 0.528. The summed E-state index contributed by atoms with van der Waals surface area (Å²) in [6, 6.07) is 15.5. The van der Waals surface area contributed by atoms with Crippen LogP contribution in [0.3, 0.4) is 0 Å². The first-order valence-corrected chi connectivity index (χ1v) is 13.1. The molecule has 5 rings (SSSR count). The number of nitrogens with one attached hydrogen (secondary N) is 2. The molecule has 0 amide bonds. The smallest absolute Gasteiger partial charge is 0.255 e. The van der Waals surface area contributed by atoms with Crippen molar-refractivity contribution in [1.29, 1.82) is 0 Å². The summed E-state index contributed by atoms with van der Waals surface area (Å²) in [5.41, 5.74) is 5.63. The molecule has 2 aliphatic rings. The molecule has 0 saturated heterocycles. The van der Waals surface area contributed by atoms with Crippen molar-refractivity contribution in [1.82, 2.24) is 4.98 Å². The predicted molar refractivity (Wildman–Crippen MR) is 131 cm³/mol. The van der Waals surface area contributed by atoms with Gasteiger partial charge in [-0.3, -0.25) is 9.52 Å². The van der Waals surface area contributed by atoms with Gasteiger partial charge in [-0.1, -0.05) is 19.1 Å². The zero-order valence-corrected chi connectivity index (χ0v) is 19.8. The maximum atomic E-state index is 12.5. The van der Waals surface area contributed by atoms with Crippen LogP contribution in [0.5, 0.6) is 5.75 Å². The summed E-state index contributed by atoms with van der Waals surface area (Å²) in [4.78, 5) is 15.3. The fourth-order valence-corrected chi connectivity index (χ4v) is 5.35. The third-order valence-corrected chi connectivity index (χ3v) is 7.54. The van der Waals surface area contributed by atoms with E-state index in [4.69, 9.17) is 4.74 Å². The lowest BCUT2D eigenvalue weighted by molar-refractivity contribution is 0.400. The van der Waals surface area contributed by atoms with Crippen LogP contribution in [-0.4, -0.2) is 26.8 Å². The highest BCUT2D eigenvalue weighted by atomic mass is 32.2. The SMILES string of the molecule is COc1c(C2CC2c2ccc(NS(C)(=O)=O)cc2)cc(-c2ccc[nH]c2=O)cc1C1(C)CC1. The van der Waals surface area contributed by atoms with Crippen LogP contribution >= 0.6 is 0 Å². The molecule has 2 atom stereocenters. The van der Waals surface area contributed by atoms with Crippen molar-refractivity contribution in [3.05, 3.63) is 81.8 Å². The van der Waals surface area contributed by atoms with Crippen molar-refractivity contribution >= 4 is 15.7 Å². The molecule has 2 aromatic carbocycles. The van der Waals surface area contributed by atoms with Crippen LogP contribution in [0.1, 0.15) is 54.7 Å². The van der Waals surface area contributed by atoms with Crippen molar-refractivity contribution in [3.63, 3.8) is 0 Å². The van der Waals surface area contributed by atoms with Crippen LogP contribution in [0.25, 0.3) is 11.1 Å². The van der Waals surface area contributed by atoms with Gasteiger partial charge in [0.05, 0.1) is 13.4 Å². The van der Waals surface area contributed by atoms with Gasteiger partial charge in [0.1, 0.15) is 5.75 Å². The van der Waals surface area contributed by atoms with E-state index in [-0.39, 0.29) is 16.9 Å². The van der Waals surface area contributed by atoms with Gasteiger partial charge >= 0.3 is 0 Å². The van der Waals surface area contributed by atoms with Crippen LogP contribution < -0.4 is 15.0 Å². The summed E-state index contributed by atoms with van der Waals surface area (Å²) in [7, 11) is -1.57. The van der Waals surface area contributed by atoms with E-state index in [1.165, 1.54) is 11.1 Å². The van der Waals surface area contributed by atoms with E-state index in [0.29, 0.717) is 17.2 Å². The maximum Gasteiger partial charge on any atom is 0.255 e. The minimum Gasteiger partial charge on any atom is -0.496 e. The van der Waals surface area contributed by atoms with E-state index in [1.54, 1.807) is 25.4 Å². The highest BCUT2D eigenvalue weighted by Crippen LogP contribution is 2.60. The summed E-state index contributed by atoms with van der Waals surface area (Å²) >= 11 is 0. The molecule has 0 bridgehead atoms. The minimum atomic E-state index is -3.30. The van der Waals surface area contributed by atoms with Crippen molar-refractivity contribution in [3.8, 4) is 16.9 Å². The zero-order chi connectivity index (χ0) is 23.4. The van der Waals surface area contributed by atoms with Gasteiger partial charge in [-0.15, -0.1) is 0 Å². The van der Waals surface area contributed by atoms with Crippen LogP contribution in [0.15, 0.2) is 59.5 Å². The summed E-state index contributed by atoms with van der Waals surface area (Å²) in [6.07, 6.45) is 6.01. The lowest BCUT2D eigenvalue weighted by Crippen LogP contribution is -2.10. The molecular formula is C26H28N2O4S. The number of benzene rings is 2. The number of sulfonamides is 1. The lowest BCUT2D eigenvalue weighted by atomic mass is 9.88. The molecule has 2 fully saturated rings. The number of ether oxygens (including phenoxy) is 1. The van der Waals surface area contributed by atoms with Crippen molar-refractivity contribution in [2.75, 3.05) is 18.1 Å². The molecule has 2 N–H and O–H groups in total. The topological polar surface area (TPSA) is 88.3 Å². The number of methoxy groups -OCH3 is 1. The van der Waals surface area contributed by atoms with Crippen LogP contribution in [0.4, 0.5) is 5.69 Å². The second kappa shape index (κ2) is 7.76. The molecule has 2 saturated carbocycles. The minimum absolute atomic E-state index is 0.0843. The van der Waals surface area contributed by atoms with E-state index >= 15 is 0 Å². The third kappa shape index (κ3) is 4.29.